The molecule has 1 aromatic carbocycles. The number of ketones is 1. The molecule has 0 aliphatic carbocycles. The Morgan fingerprint density at radius 3 is 2.52 bits per heavy atom. The normalized spacial score (nSPS) is 19.8. The van der Waals surface area contributed by atoms with Crippen LogP contribution in [-0.2, 0) is 4.79 Å². The summed E-state index contributed by atoms with van der Waals surface area (Å²) in [6, 6.07) is 5.79. The van der Waals surface area contributed by atoms with Crippen molar-refractivity contribution in [2.24, 2.45) is 11.0 Å². The highest BCUT2D eigenvalue weighted by Crippen LogP contribution is 2.22. The maximum Gasteiger partial charge on any atom is 0.243 e. The van der Waals surface area contributed by atoms with Crippen molar-refractivity contribution in [1.82, 2.24) is 9.91 Å². The number of likely N-dealkylation sites (tertiary alicyclic amines) is 1. The van der Waals surface area contributed by atoms with Crippen molar-refractivity contribution in [3.63, 3.8) is 0 Å². The van der Waals surface area contributed by atoms with E-state index in [2.05, 4.69) is 10.0 Å². The van der Waals surface area contributed by atoms with Gasteiger partial charge in [0.1, 0.15) is 5.82 Å². The van der Waals surface area contributed by atoms with Crippen molar-refractivity contribution < 1.29 is 14.0 Å². The van der Waals surface area contributed by atoms with Gasteiger partial charge in [0.2, 0.25) is 5.91 Å². The van der Waals surface area contributed by atoms with Gasteiger partial charge >= 0.3 is 0 Å². The van der Waals surface area contributed by atoms with Crippen LogP contribution in [0, 0.1) is 11.7 Å². The van der Waals surface area contributed by atoms with Gasteiger partial charge in [0.25, 0.3) is 0 Å². The van der Waals surface area contributed by atoms with Crippen LogP contribution in [-0.4, -0.2) is 53.5 Å². The van der Waals surface area contributed by atoms with E-state index in [1.165, 1.54) is 12.1 Å². The first-order valence-electron chi connectivity index (χ1n) is 8.89. The second kappa shape index (κ2) is 7.87. The molecule has 1 aromatic rings. The van der Waals surface area contributed by atoms with Crippen molar-refractivity contribution in [3.8, 4) is 0 Å². The molecule has 2 aliphatic heterocycles. The van der Waals surface area contributed by atoms with Crippen LogP contribution in [0.15, 0.2) is 29.4 Å². The van der Waals surface area contributed by atoms with E-state index in [0.29, 0.717) is 18.5 Å². The Labute approximate surface area is 147 Å². The number of Topliss-reactive ketones (excluding diaryl/α,β-unsaturated/α-hetero) is 1. The predicted molar refractivity (Wildman–Crippen MR) is 94.0 cm³/mol. The summed E-state index contributed by atoms with van der Waals surface area (Å²) in [5, 5.41) is 5.90. The third kappa shape index (κ3) is 4.51. The molecule has 6 heteroatoms. The van der Waals surface area contributed by atoms with Gasteiger partial charge in [0.15, 0.2) is 5.78 Å². The molecule has 0 aromatic heterocycles. The van der Waals surface area contributed by atoms with Gasteiger partial charge in [-0.2, -0.15) is 5.10 Å². The minimum Gasteiger partial charge on any atom is -0.301 e. The summed E-state index contributed by atoms with van der Waals surface area (Å²) in [5.74, 6) is -0.131. The third-order valence-electron chi connectivity index (χ3n) is 5.00. The van der Waals surface area contributed by atoms with Crippen LogP contribution in [0.4, 0.5) is 4.39 Å². The zero-order valence-electron chi connectivity index (χ0n) is 14.6. The summed E-state index contributed by atoms with van der Waals surface area (Å²) in [6.07, 6.45) is 2.90. The van der Waals surface area contributed by atoms with E-state index in [1.807, 2.05) is 6.92 Å². The molecule has 134 valence electrons. The van der Waals surface area contributed by atoms with Gasteiger partial charge in [0.05, 0.1) is 6.54 Å². The topological polar surface area (TPSA) is 53.0 Å². The molecule has 2 heterocycles. The molecule has 5 nitrogen and oxygen atoms in total. The van der Waals surface area contributed by atoms with Gasteiger partial charge in [-0.15, -0.1) is 0 Å². The summed E-state index contributed by atoms with van der Waals surface area (Å²) in [7, 11) is 0. The third-order valence-corrected chi connectivity index (χ3v) is 5.00. The number of hydrazone groups is 1. The van der Waals surface area contributed by atoms with E-state index >= 15 is 0 Å². The van der Waals surface area contributed by atoms with Crippen molar-refractivity contribution in [2.75, 3.05) is 26.2 Å². The van der Waals surface area contributed by atoms with E-state index < -0.39 is 0 Å². The van der Waals surface area contributed by atoms with Gasteiger partial charge in [-0.1, -0.05) is 0 Å². The van der Waals surface area contributed by atoms with Gasteiger partial charge < -0.3 is 4.90 Å². The standard InChI is InChI=1S/C19H24FN3O2/c1-14-2-7-18(24)23(21-14)13-12-22-10-8-16(9-11-22)19(25)15-3-5-17(20)6-4-15/h3-6,16H,2,7-13H2,1H3. The first-order valence-corrected chi connectivity index (χ1v) is 8.89. The lowest BCUT2D eigenvalue weighted by Gasteiger charge is -2.32. The van der Waals surface area contributed by atoms with Crippen LogP contribution in [0.5, 0.6) is 0 Å². The highest BCUT2D eigenvalue weighted by molar-refractivity contribution is 5.97. The summed E-state index contributed by atoms with van der Waals surface area (Å²) < 4.78 is 13.0. The van der Waals surface area contributed by atoms with Crippen LogP contribution in [0.25, 0.3) is 0 Å². The second-order valence-corrected chi connectivity index (χ2v) is 6.84. The molecule has 0 atom stereocenters. The molecule has 0 saturated carbocycles. The van der Waals surface area contributed by atoms with Crippen LogP contribution in [0.2, 0.25) is 0 Å². The van der Waals surface area contributed by atoms with Crippen LogP contribution < -0.4 is 0 Å². The monoisotopic (exact) mass is 345 g/mol. The number of rotatable bonds is 5. The Bertz CT molecular complexity index is 664. The number of piperidine rings is 1. The SMILES string of the molecule is CC1=NN(CCN2CCC(C(=O)c3ccc(F)cc3)CC2)C(=O)CC1. The van der Waals surface area contributed by atoms with Crippen molar-refractivity contribution in [2.45, 2.75) is 32.6 Å². The molecule has 0 bridgehead atoms. The van der Waals surface area contributed by atoms with Crippen molar-refractivity contribution >= 4 is 17.4 Å². The second-order valence-electron chi connectivity index (χ2n) is 6.84. The highest BCUT2D eigenvalue weighted by Gasteiger charge is 2.26. The van der Waals surface area contributed by atoms with Gasteiger partial charge in [-0.25, -0.2) is 9.40 Å². The lowest BCUT2D eigenvalue weighted by Crippen LogP contribution is -2.42. The Morgan fingerprint density at radius 1 is 1.16 bits per heavy atom. The number of carbonyl (C=O) groups is 2. The summed E-state index contributed by atoms with van der Waals surface area (Å²) in [4.78, 5) is 26.6. The van der Waals surface area contributed by atoms with E-state index in [4.69, 9.17) is 0 Å². The fourth-order valence-electron chi connectivity index (χ4n) is 3.41. The molecule has 1 saturated heterocycles. The summed E-state index contributed by atoms with van der Waals surface area (Å²) in [6.45, 7) is 5.00. The molecule has 0 spiro atoms. The smallest absolute Gasteiger partial charge is 0.243 e. The van der Waals surface area contributed by atoms with Crippen LogP contribution in [0.1, 0.15) is 43.0 Å². The predicted octanol–water partition coefficient (Wildman–Crippen LogP) is 2.72. The molecule has 2 aliphatic rings. The zero-order valence-corrected chi connectivity index (χ0v) is 14.6. The van der Waals surface area contributed by atoms with E-state index in [1.54, 1.807) is 17.1 Å². The number of benzene rings is 1. The first-order chi connectivity index (χ1) is 12.0. The van der Waals surface area contributed by atoms with Gasteiger partial charge in [-0.3, -0.25) is 9.59 Å². The Kier molecular flexibility index (Phi) is 5.58. The van der Waals surface area contributed by atoms with Gasteiger partial charge in [-0.05, 0) is 63.5 Å². The Morgan fingerprint density at radius 2 is 1.84 bits per heavy atom. The van der Waals surface area contributed by atoms with Crippen molar-refractivity contribution in [3.05, 3.63) is 35.6 Å². The quantitative estimate of drug-likeness (QED) is 0.771. The fraction of sp³-hybridized carbons (Fsp3) is 0.526. The maximum absolute atomic E-state index is 13.0. The molecule has 0 N–H and O–H groups in total. The molecule has 1 fully saturated rings. The molecule has 0 unspecified atom stereocenters. The first kappa shape index (κ1) is 17.7. The lowest BCUT2D eigenvalue weighted by atomic mass is 9.89. The molecular weight excluding hydrogens is 321 g/mol. The fourth-order valence-corrected chi connectivity index (χ4v) is 3.41. The molecule has 0 radical (unpaired) electrons. The minimum atomic E-state index is -0.323. The minimum absolute atomic E-state index is 0.00130. The molecule has 25 heavy (non-hydrogen) atoms. The van der Waals surface area contributed by atoms with Crippen LogP contribution in [0.3, 0.4) is 0 Å². The largest absolute Gasteiger partial charge is 0.301 e. The van der Waals surface area contributed by atoms with Crippen molar-refractivity contribution in [1.29, 1.82) is 0 Å². The molecular formula is C19H24FN3O2. The zero-order chi connectivity index (χ0) is 17.8. The lowest BCUT2D eigenvalue weighted by molar-refractivity contribution is -0.132. The number of hydrogen-bond donors (Lipinski definition) is 0. The highest BCUT2D eigenvalue weighted by atomic mass is 19.1. The number of amides is 1. The number of halogens is 1. The maximum atomic E-state index is 13.0. The average Bonchev–Trinajstić information content (AvgIpc) is 2.63. The van der Waals surface area contributed by atoms with E-state index in [9.17, 15) is 14.0 Å². The summed E-state index contributed by atoms with van der Waals surface area (Å²) in [5.41, 5.74) is 1.59. The Balaban J connectivity index is 1.47. The number of carbonyl (C=O) groups excluding carboxylic acids is 2. The number of nitrogens with zero attached hydrogens (tertiary/aromatic N) is 3. The average molecular weight is 345 g/mol. The van der Waals surface area contributed by atoms with E-state index in [-0.39, 0.29) is 23.4 Å². The molecule has 3 rings (SSSR count). The van der Waals surface area contributed by atoms with Gasteiger partial charge in [0, 0.05) is 30.2 Å². The van der Waals surface area contributed by atoms with E-state index in [0.717, 1.165) is 44.6 Å². The molecule has 1 amide bonds. The van der Waals surface area contributed by atoms with Crippen LogP contribution >= 0.6 is 0 Å². The number of hydrogen-bond acceptors (Lipinski definition) is 4. The summed E-state index contributed by atoms with van der Waals surface area (Å²) >= 11 is 0. The Hall–Kier alpha value is -2.08.